The van der Waals surface area contributed by atoms with Crippen LogP contribution in [-0.2, 0) is 16.6 Å². The molecule has 0 aliphatic heterocycles. The van der Waals surface area contributed by atoms with Gasteiger partial charge in [0.2, 0.25) is 0 Å². The first-order valence-electron chi connectivity index (χ1n) is 9.26. The van der Waals surface area contributed by atoms with Crippen LogP contribution in [0.2, 0.25) is 0 Å². The van der Waals surface area contributed by atoms with Crippen LogP contribution in [0.25, 0.3) is 0 Å². The lowest BCUT2D eigenvalue weighted by molar-refractivity contribution is 0.0785. The standard InChI is InChI=1S/C23H24N2O3S/c1-17-9-10-18(2)22(15-17)29(27,28)24-21-13-11-20(12-14-21)23(26)25(3)16-19-7-5-4-6-8-19/h4-15,24H,16H2,1-3H3. The summed E-state index contributed by atoms with van der Waals surface area (Å²) in [4.78, 5) is 14.5. The minimum absolute atomic E-state index is 0.127. The lowest BCUT2D eigenvalue weighted by Gasteiger charge is -2.17. The summed E-state index contributed by atoms with van der Waals surface area (Å²) in [6.07, 6.45) is 0. The number of anilines is 1. The van der Waals surface area contributed by atoms with Gasteiger partial charge in [-0.2, -0.15) is 0 Å². The van der Waals surface area contributed by atoms with Crippen LogP contribution in [0.3, 0.4) is 0 Å². The van der Waals surface area contributed by atoms with Crippen molar-refractivity contribution in [1.29, 1.82) is 0 Å². The van der Waals surface area contributed by atoms with Crippen molar-refractivity contribution in [3.05, 3.63) is 95.1 Å². The number of nitrogens with one attached hydrogen (secondary N) is 1. The number of nitrogens with zero attached hydrogens (tertiary/aromatic N) is 1. The van der Waals surface area contributed by atoms with Gasteiger partial charge in [-0.1, -0.05) is 42.5 Å². The van der Waals surface area contributed by atoms with Crippen molar-refractivity contribution in [3.8, 4) is 0 Å². The molecule has 3 aromatic carbocycles. The van der Waals surface area contributed by atoms with Crippen LogP contribution in [0, 0.1) is 13.8 Å². The Kier molecular flexibility index (Phi) is 6.03. The monoisotopic (exact) mass is 408 g/mol. The van der Waals surface area contributed by atoms with Crippen LogP contribution in [0.4, 0.5) is 5.69 Å². The van der Waals surface area contributed by atoms with Gasteiger partial charge in [-0.25, -0.2) is 8.42 Å². The van der Waals surface area contributed by atoms with E-state index in [4.69, 9.17) is 0 Å². The molecule has 0 fully saturated rings. The molecule has 0 aromatic heterocycles. The number of benzene rings is 3. The molecular weight excluding hydrogens is 384 g/mol. The second-order valence-electron chi connectivity index (χ2n) is 7.10. The molecule has 0 heterocycles. The van der Waals surface area contributed by atoms with E-state index in [2.05, 4.69) is 4.72 Å². The van der Waals surface area contributed by atoms with Crippen LogP contribution in [-0.4, -0.2) is 26.3 Å². The van der Waals surface area contributed by atoms with Crippen LogP contribution < -0.4 is 4.72 Å². The molecular formula is C23H24N2O3S. The minimum Gasteiger partial charge on any atom is -0.337 e. The maximum atomic E-state index is 12.7. The van der Waals surface area contributed by atoms with Gasteiger partial charge in [0.15, 0.2) is 0 Å². The zero-order valence-electron chi connectivity index (χ0n) is 16.7. The van der Waals surface area contributed by atoms with E-state index in [-0.39, 0.29) is 10.8 Å². The normalized spacial score (nSPS) is 11.1. The average Bonchev–Trinajstić information content (AvgIpc) is 2.70. The molecule has 0 aliphatic carbocycles. The van der Waals surface area contributed by atoms with Crippen molar-refractivity contribution >= 4 is 21.6 Å². The first-order valence-corrected chi connectivity index (χ1v) is 10.7. The highest BCUT2D eigenvalue weighted by atomic mass is 32.2. The van der Waals surface area contributed by atoms with Gasteiger partial charge in [0.1, 0.15) is 0 Å². The highest BCUT2D eigenvalue weighted by molar-refractivity contribution is 7.92. The Balaban J connectivity index is 1.72. The first-order chi connectivity index (χ1) is 13.8. The van der Waals surface area contributed by atoms with Gasteiger partial charge in [0.25, 0.3) is 15.9 Å². The van der Waals surface area contributed by atoms with Crippen molar-refractivity contribution in [3.63, 3.8) is 0 Å². The van der Waals surface area contributed by atoms with E-state index in [0.29, 0.717) is 23.4 Å². The minimum atomic E-state index is -3.70. The number of aryl methyl sites for hydroxylation is 2. The molecule has 0 saturated carbocycles. The highest BCUT2D eigenvalue weighted by Crippen LogP contribution is 2.21. The Morgan fingerprint density at radius 2 is 1.59 bits per heavy atom. The zero-order valence-corrected chi connectivity index (χ0v) is 17.5. The van der Waals surface area contributed by atoms with E-state index in [1.807, 2.05) is 43.3 Å². The number of sulfonamides is 1. The Bertz CT molecular complexity index is 1110. The van der Waals surface area contributed by atoms with E-state index < -0.39 is 10.0 Å². The van der Waals surface area contributed by atoms with Crippen molar-refractivity contribution < 1.29 is 13.2 Å². The molecule has 0 aliphatic rings. The third-order valence-corrected chi connectivity index (χ3v) is 6.15. The summed E-state index contributed by atoms with van der Waals surface area (Å²) < 4.78 is 28.0. The number of carbonyl (C=O) groups is 1. The molecule has 0 saturated heterocycles. The maximum Gasteiger partial charge on any atom is 0.262 e. The fraction of sp³-hybridized carbons (Fsp3) is 0.174. The lowest BCUT2D eigenvalue weighted by Crippen LogP contribution is -2.26. The summed E-state index contributed by atoms with van der Waals surface area (Å²) in [5.74, 6) is -0.127. The predicted octanol–water partition coefficient (Wildman–Crippen LogP) is 4.38. The van der Waals surface area contributed by atoms with Gasteiger partial charge in [0.05, 0.1) is 4.90 Å². The quantitative estimate of drug-likeness (QED) is 0.658. The first kappa shape index (κ1) is 20.6. The van der Waals surface area contributed by atoms with Gasteiger partial charge in [-0.05, 0) is 60.9 Å². The molecule has 3 aromatic rings. The van der Waals surface area contributed by atoms with E-state index in [9.17, 15) is 13.2 Å². The molecule has 1 amide bonds. The van der Waals surface area contributed by atoms with E-state index in [1.54, 1.807) is 55.3 Å². The van der Waals surface area contributed by atoms with Crippen LogP contribution >= 0.6 is 0 Å². The number of hydrogen-bond donors (Lipinski definition) is 1. The molecule has 3 rings (SSSR count). The van der Waals surface area contributed by atoms with Gasteiger partial charge in [-0.15, -0.1) is 0 Å². The summed E-state index contributed by atoms with van der Waals surface area (Å²) >= 11 is 0. The molecule has 29 heavy (non-hydrogen) atoms. The van der Waals surface area contributed by atoms with Crippen molar-refractivity contribution in [2.75, 3.05) is 11.8 Å². The van der Waals surface area contributed by atoms with Crippen LogP contribution in [0.15, 0.2) is 77.7 Å². The van der Waals surface area contributed by atoms with E-state index in [0.717, 1.165) is 11.1 Å². The van der Waals surface area contributed by atoms with Gasteiger partial charge in [0, 0.05) is 24.8 Å². The second-order valence-corrected chi connectivity index (χ2v) is 8.75. The molecule has 150 valence electrons. The molecule has 0 bridgehead atoms. The summed E-state index contributed by atoms with van der Waals surface area (Å²) in [6.45, 7) is 4.11. The fourth-order valence-electron chi connectivity index (χ4n) is 3.04. The van der Waals surface area contributed by atoms with E-state index in [1.165, 1.54) is 0 Å². The number of carbonyl (C=O) groups excluding carboxylic acids is 1. The molecule has 5 nitrogen and oxygen atoms in total. The predicted molar refractivity (Wildman–Crippen MR) is 115 cm³/mol. The fourth-order valence-corrected chi connectivity index (χ4v) is 4.43. The van der Waals surface area contributed by atoms with Gasteiger partial charge < -0.3 is 4.90 Å². The van der Waals surface area contributed by atoms with Crippen molar-refractivity contribution in [2.24, 2.45) is 0 Å². The largest absolute Gasteiger partial charge is 0.337 e. The van der Waals surface area contributed by atoms with Gasteiger partial charge in [-0.3, -0.25) is 9.52 Å². The molecule has 0 spiro atoms. The Hall–Kier alpha value is -3.12. The number of amides is 1. The maximum absolute atomic E-state index is 12.7. The lowest BCUT2D eigenvalue weighted by atomic mass is 10.1. The third kappa shape index (κ3) is 5.03. The Labute approximate surface area is 172 Å². The highest BCUT2D eigenvalue weighted by Gasteiger charge is 2.18. The smallest absolute Gasteiger partial charge is 0.262 e. The summed E-state index contributed by atoms with van der Waals surface area (Å²) in [5, 5.41) is 0. The summed E-state index contributed by atoms with van der Waals surface area (Å²) in [7, 11) is -1.96. The zero-order chi connectivity index (χ0) is 21.0. The molecule has 1 N–H and O–H groups in total. The summed E-state index contributed by atoms with van der Waals surface area (Å²) in [5.41, 5.74) is 3.50. The van der Waals surface area contributed by atoms with Crippen molar-refractivity contribution in [2.45, 2.75) is 25.3 Å². The number of hydrogen-bond acceptors (Lipinski definition) is 3. The van der Waals surface area contributed by atoms with E-state index >= 15 is 0 Å². The second kappa shape index (κ2) is 8.49. The summed E-state index contributed by atoms with van der Waals surface area (Å²) in [6, 6.07) is 21.5. The molecule has 0 unspecified atom stereocenters. The topological polar surface area (TPSA) is 66.5 Å². The third-order valence-electron chi connectivity index (χ3n) is 4.63. The molecule has 0 atom stereocenters. The number of rotatable bonds is 6. The Morgan fingerprint density at radius 1 is 0.931 bits per heavy atom. The van der Waals surface area contributed by atoms with Crippen LogP contribution in [0.5, 0.6) is 0 Å². The molecule has 0 radical (unpaired) electrons. The Morgan fingerprint density at radius 3 is 2.24 bits per heavy atom. The molecule has 6 heteroatoms. The van der Waals surface area contributed by atoms with Crippen LogP contribution in [0.1, 0.15) is 27.0 Å². The average molecular weight is 409 g/mol. The SMILES string of the molecule is Cc1ccc(C)c(S(=O)(=O)Nc2ccc(C(=O)N(C)Cc3ccccc3)cc2)c1. The van der Waals surface area contributed by atoms with Crippen molar-refractivity contribution in [1.82, 2.24) is 4.90 Å². The van der Waals surface area contributed by atoms with Gasteiger partial charge >= 0.3 is 0 Å².